The molecular formula is C12H19N3S. The van der Waals surface area contributed by atoms with E-state index in [9.17, 15) is 0 Å². The van der Waals surface area contributed by atoms with Crippen molar-refractivity contribution in [2.45, 2.75) is 32.1 Å². The summed E-state index contributed by atoms with van der Waals surface area (Å²) < 4.78 is 0. The van der Waals surface area contributed by atoms with E-state index in [1.165, 1.54) is 0 Å². The lowest BCUT2D eigenvalue weighted by Gasteiger charge is -2.38. The van der Waals surface area contributed by atoms with E-state index in [1.54, 1.807) is 0 Å². The summed E-state index contributed by atoms with van der Waals surface area (Å²) in [6.07, 6.45) is 1.89. The molecular weight excluding hydrogens is 218 g/mol. The van der Waals surface area contributed by atoms with Crippen molar-refractivity contribution in [3.05, 3.63) is 17.8 Å². The lowest BCUT2D eigenvalue weighted by molar-refractivity contribution is 0.621. The first-order chi connectivity index (χ1) is 7.59. The van der Waals surface area contributed by atoms with Crippen LogP contribution in [0.4, 0.5) is 11.5 Å². The van der Waals surface area contributed by atoms with Gasteiger partial charge in [0.25, 0.3) is 0 Å². The molecule has 1 aliphatic heterocycles. The number of nitrogen functional groups attached to an aromatic ring is 1. The van der Waals surface area contributed by atoms with Crippen molar-refractivity contribution in [1.29, 1.82) is 0 Å². The molecule has 2 rings (SSSR count). The predicted molar refractivity (Wildman–Crippen MR) is 72.1 cm³/mol. The molecule has 1 aromatic rings. The molecule has 16 heavy (non-hydrogen) atoms. The van der Waals surface area contributed by atoms with Crippen molar-refractivity contribution >= 4 is 23.3 Å². The Morgan fingerprint density at radius 2 is 2.25 bits per heavy atom. The van der Waals surface area contributed by atoms with E-state index in [2.05, 4.69) is 23.7 Å². The third kappa shape index (κ3) is 2.12. The van der Waals surface area contributed by atoms with Gasteiger partial charge >= 0.3 is 0 Å². The van der Waals surface area contributed by atoms with Gasteiger partial charge in [0, 0.05) is 29.8 Å². The van der Waals surface area contributed by atoms with Gasteiger partial charge in [0.15, 0.2) is 5.82 Å². The Labute approximate surface area is 101 Å². The van der Waals surface area contributed by atoms with Gasteiger partial charge in [0.1, 0.15) is 0 Å². The summed E-state index contributed by atoms with van der Waals surface area (Å²) in [5.74, 6) is 2.10. The Bertz CT molecular complexity index is 381. The first kappa shape index (κ1) is 11.6. The van der Waals surface area contributed by atoms with Crippen LogP contribution in [-0.2, 0) is 0 Å². The van der Waals surface area contributed by atoms with Crippen LogP contribution in [0.25, 0.3) is 0 Å². The van der Waals surface area contributed by atoms with Crippen LogP contribution >= 0.6 is 11.8 Å². The highest BCUT2D eigenvalue weighted by Crippen LogP contribution is 2.30. The Balaban J connectivity index is 2.29. The SMILES string of the molecule is Cc1cnc(N2CCSC(C)C2C)c(N)c1. The number of aryl methyl sites for hydroxylation is 1. The predicted octanol–water partition coefficient (Wildman–Crippen LogP) is 2.30. The summed E-state index contributed by atoms with van der Waals surface area (Å²) in [5, 5.41) is 0.635. The average molecular weight is 237 g/mol. The molecule has 0 aromatic carbocycles. The topological polar surface area (TPSA) is 42.2 Å². The third-order valence-corrected chi connectivity index (χ3v) is 4.53. The van der Waals surface area contributed by atoms with Crippen molar-refractivity contribution in [1.82, 2.24) is 4.98 Å². The summed E-state index contributed by atoms with van der Waals surface area (Å²) in [6.45, 7) is 7.57. The minimum atomic E-state index is 0.497. The maximum Gasteiger partial charge on any atom is 0.152 e. The van der Waals surface area contributed by atoms with Gasteiger partial charge in [-0.2, -0.15) is 11.8 Å². The number of pyridine rings is 1. The zero-order chi connectivity index (χ0) is 11.7. The normalized spacial score (nSPS) is 25.8. The maximum absolute atomic E-state index is 6.05. The molecule has 2 unspecified atom stereocenters. The zero-order valence-corrected chi connectivity index (χ0v) is 10.9. The summed E-state index contributed by atoms with van der Waals surface area (Å²) in [4.78, 5) is 6.81. The van der Waals surface area contributed by atoms with E-state index < -0.39 is 0 Å². The summed E-state index contributed by atoms with van der Waals surface area (Å²) in [6, 6.07) is 2.50. The van der Waals surface area contributed by atoms with Crippen LogP contribution in [0, 0.1) is 6.92 Å². The van der Waals surface area contributed by atoms with Gasteiger partial charge < -0.3 is 10.6 Å². The third-order valence-electron chi connectivity index (χ3n) is 3.19. The number of aromatic nitrogens is 1. The van der Waals surface area contributed by atoms with E-state index in [4.69, 9.17) is 5.73 Å². The smallest absolute Gasteiger partial charge is 0.152 e. The largest absolute Gasteiger partial charge is 0.396 e. The van der Waals surface area contributed by atoms with Crippen molar-refractivity contribution < 1.29 is 0 Å². The van der Waals surface area contributed by atoms with Gasteiger partial charge in [-0.25, -0.2) is 4.98 Å². The molecule has 2 atom stereocenters. The molecule has 0 bridgehead atoms. The van der Waals surface area contributed by atoms with Gasteiger partial charge in [-0.1, -0.05) is 6.92 Å². The van der Waals surface area contributed by atoms with Crippen LogP contribution in [-0.4, -0.2) is 28.6 Å². The van der Waals surface area contributed by atoms with E-state index in [1.807, 2.05) is 30.9 Å². The second-order valence-electron chi connectivity index (χ2n) is 4.44. The van der Waals surface area contributed by atoms with Gasteiger partial charge in [-0.15, -0.1) is 0 Å². The van der Waals surface area contributed by atoms with Crippen LogP contribution in [0.2, 0.25) is 0 Å². The number of anilines is 2. The van der Waals surface area contributed by atoms with Crippen molar-refractivity contribution in [3.8, 4) is 0 Å². The zero-order valence-electron chi connectivity index (χ0n) is 10.1. The van der Waals surface area contributed by atoms with Crippen LogP contribution in [0.15, 0.2) is 12.3 Å². The summed E-state index contributed by atoms with van der Waals surface area (Å²) in [7, 11) is 0. The lowest BCUT2D eigenvalue weighted by Crippen LogP contribution is -2.45. The van der Waals surface area contributed by atoms with Gasteiger partial charge in [-0.3, -0.25) is 0 Å². The fourth-order valence-corrected chi connectivity index (χ4v) is 3.16. The molecule has 4 heteroatoms. The summed E-state index contributed by atoms with van der Waals surface area (Å²) >= 11 is 2.02. The lowest BCUT2D eigenvalue weighted by atomic mass is 10.2. The Hall–Kier alpha value is -0.900. The number of nitrogens with two attached hydrogens (primary N) is 1. The first-order valence-electron chi connectivity index (χ1n) is 5.70. The number of hydrogen-bond acceptors (Lipinski definition) is 4. The second-order valence-corrected chi connectivity index (χ2v) is 5.92. The summed E-state index contributed by atoms with van der Waals surface area (Å²) in [5.41, 5.74) is 7.96. The van der Waals surface area contributed by atoms with E-state index in [-0.39, 0.29) is 0 Å². The maximum atomic E-state index is 6.05. The highest BCUT2D eigenvalue weighted by Gasteiger charge is 2.27. The Kier molecular flexibility index (Phi) is 3.28. The molecule has 88 valence electrons. The van der Waals surface area contributed by atoms with Crippen LogP contribution in [0.1, 0.15) is 19.4 Å². The molecule has 3 nitrogen and oxygen atoms in total. The molecule has 0 saturated carbocycles. The van der Waals surface area contributed by atoms with Gasteiger partial charge in [0.05, 0.1) is 5.69 Å². The average Bonchev–Trinajstić information content (AvgIpc) is 2.23. The number of rotatable bonds is 1. The highest BCUT2D eigenvalue weighted by atomic mass is 32.2. The molecule has 2 heterocycles. The van der Waals surface area contributed by atoms with Crippen LogP contribution in [0.3, 0.4) is 0 Å². The van der Waals surface area contributed by atoms with Crippen LogP contribution in [0.5, 0.6) is 0 Å². The molecule has 0 amide bonds. The van der Waals surface area contributed by atoms with E-state index >= 15 is 0 Å². The second kappa shape index (κ2) is 4.53. The van der Waals surface area contributed by atoms with Crippen molar-refractivity contribution in [2.75, 3.05) is 22.9 Å². The van der Waals surface area contributed by atoms with Crippen molar-refractivity contribution in [3.63, 3.8) is 0 Å². The van der Waals surface area contributed by atoms with Gasteiger partial charge in [-0.05, 0) is 25.5 Å². The molecule has 2 N–H and O–H groups in total. The van der Waals surface area contributed by atoms with Crippen LogP contribution < -0.4 is 10.6 Å². The monoisotopic (exact) mass is 237 g/mol. The Morgan fingerprint density at radius 3 is 2.94 bits per heavy atom. The molecule has 0 spiro atoms. The number of nitrogens with zero attached hydrogens (tertiary/aromatic N) is 2. The van der Waals surface area contributed by atoms with E-state index in [0.717, 1.165) is 29.4 Å². The fraction of sp³-hybridized carbons (Fsp3) is 0.583. The standard InChI is InChI=1S/C12H19N3S/c1-8-6-11(13)12(14-7-8)15-4-5-16-10(3)9(15)2/h6-7,9-10H,4-5,13H2,1-3H3. The molecule has 1 aromatic heterocycles. The quantitative estimate of drug-likeness (QED) is 0.814. The fourth-order valence-electron chi connectivity index (χ4n) is 2.06. The highest BCUT2D eigenvalue weighted by molar-refractivity contribution is 8.00. The number of hydrogen-bond donors (Lipinski definition) is 1. The van der Waals surface area contributed by atoms with E-state index in [0.29, 0.717) is 11.3 Å². The molecule has 0 aliphatic carbocycles. The van der Waals surface area contributed by atoms with Gasteiger partial charge in [0.2, 0.25) is 0 Å². The molecule has 1 fully saturated rings. The van der Waals surface area contributed by atoms with Crippen molar-refractivity contribution in [2.24, 2.45) is 0 Å². The number of thioether (sulfide) groups is 1. The minimum Gasteiger partial charge on any atom is -0.396 e. The molecule has 0 radical (unpaired) electrons. The minimum absolute atomic E-state index is 0.497. The molecule has 1 saturated heterocycles. The molecule has 1 aliphatic rings. The first-order valence-corrected chi connectivity index (χ1v) is 6.75. The Morgan fingerprint density at radius 1 is 1.50 bits per heavy atom.